The van der Waals surface area contributed by atoms with Gasteiger partial charge in [0.15, 0.2) is 0 Å². The normalized spacial score (nSPS) is 11.6. The molecule has 1 aromatic carbocycles. The summed E-state index contributed by atoms with van der Waals surface area (Å²) >= 11 is 5.84. The molecule has 0 saturated carbocycles. The second-order valence-electron chi connectivity index (χ2n) is 3.71. The van der Waals surface area contributed by atoms with Crippen LogP contribution in [0.5, 0.6) is 0 Å². The van der Waals surface area contributed by atoms with Crippen molar-refractivity contribution >= 4 is 34.5 Å². The Morgan fingerprint density at radius 3 is 2.89 bits per heavy atom. The number of H-pyrrole nitrogens is 1. The molecule has 0 amide bonds. The Balaban J connectivity index is 2.55. The predicted molar refractivity (Wildman–Crippen MR) is 70.3 cm³/mol. The molecule has 0 atom stereocenters. The van der Waals surface area contributed by atoms with Crippen molar-refractivity contribution in [2.45, 2.75) is 0 Å². The van der Waals surface area contributed by atoms with Gasteiger partial charge >= 0.3 is 11.7 Å². The minimum absolute atomic E-state index is 0.517. The first-order chi connectivity index (χ1) is 9.02. The summed E-state index contributed by atoms with van der Waals surface area (Å²) in [5, 5.41) is 12.1. The first-order valence-corrected chi connectivity index (χ1v) is 5.61. The minimum Gasteiger partial charge on any atom is -0.461 e. The average Bonchev–Trinajstić information content (AvgIpc) is 2.76. The maximum absolute atomic E-state index is 11.3. The number of ether oxygens (including phenoxy) is 1. The van der Waals surface area contributed by atoms with Crippen molar-refractivity contribution in [3.8, 4) is 0 Å². The Hall–Kier alpha value is -2.34. The molecule has 0 aliphatic carbocycles. The molecule has 0 bridgehead atoms. The van der Waals surface area contributed by atoms with Crippen molar-refractivity contribution < 1.29 is 14.5 Å². The third kappa shape index (κ3) is 2.58. The van der Waals surface area contributed by atoms with Gasteiger partial charge in [-0.3, -0.25) is 10.1 Å². The monoisotopic (exact) mass is 280 g/mol. The van der Waals surface area contributed by atoms with Crippen LogP contribution in [0.2, 0.25) is 5.02 Å². The molecular weight excluding hydrogens is 272 g/mol. The highest BCUT2D eigenvalue weighted by Crippen LogP contribution is 2.24. The number of nitrogens with zero attached hydrogens (tertiary/aromatic N) is 1. The number of rotatable bonds is 3. The largest absolute Gasteiger partial charge is 0.461 e. The molecule has 0 saturated heterocycles. The Labute approximate surface area is 112 Å². The number of hydrogen-bond acceptors (Lipinski definition) is 4. The molecule has 7 heteroatoms. The summed E-state index contributed by atoms with van der Waals surface area (Å²) in [5.41, 5.74) is 0.619. The van der Waals surface area contributed by atoms with E-state index in [0.717, 1.165) is 18.0 Å². The molecule has 6 nitrogen and oxygen atoms in total. The summed E-state index contributed by atoms with van der Waals surface area (Å²) in [6.07, 6.45) is 2.73. The molecular formula is C12H9ClN2O4. The fourth-order valence-corrected chi connectivity index (χ4v) is 1.85. The van der Waals surface area contributed by atoms with E-state index in [-0.39, 0.29) is 0 Å². The zero-order valence-electron chi connectivity index (χ0n) is 9.84. The second kappa shape index (κ2) is 5.11. The van der Waals surface area contributed by atoms with Crippen LogP contribution in [0, 0.1) is 10.1 Å². The summed E-state index contributed by atoms with van der Waals surface area (Å²) < 4.78 is 4.37. The predicted octanol–water partition coefficient (Wildman–Crippen LogP) is 2.61. The average molecular weight is 281 g/mol. The summed E-state index contributed by atoms with van der Waals surface area (Å²) in [6.45, 7) is 0. The number of nitrogens with one attached hydrogen (secondary N) is 1. The molecule has 0 radical (unpaired) electrons. The lowest BCUT2D eigenvalue weighted by atomic mass is 10.1. The standard InChI is InChI=1S/C12H9ClN2O4/c1-19-12(16)11(15(17)18)4-7-6-14-10-5-8(13)2-3-9(7)10/h2-6,14H,1H3. The number of methoxy groups -OCH3 is 1. The number of fused-ring (bicyclic) bond motifs is 1. The Morgan fingerprint density at radius 1 is 1.53 bits per heavy atom. The number of carbonyl (C=O) groups is 1. The van der Waals surface area contributed by atoms with E-state index >= 15 is 0 Å². The third-order valence-corrected chi connectivity index (χ3v) is 2.79. The molecule has 1 aromatic heterocycles. The van der Waals surface area contributed by atoms with Gasteiger partial charge in [-0.25, -0.2) is 4.79 Å². The van der Waals surface area contributed by atoms with Crippen LogP contribution in [0.25, 0.3) is 17.0 Å². The van der Waals surface area contributed by atoms with E-state index in [1.807, 2.05) is 0 Å². The van der Waals surface area contributed by atoms with Crippen molar-refractivity contribution in [1.82, 2.24) is 4.98 Å². The Kier molecular flexibility index (Phi) is 3.52. The van der Waals surface area contributed by atoms with Crippen LogP contribution in [-0.4, -0.2) is 23.0 Å². The molecule has 0 spiro atoms. The van der Waals surface area contributed by atoms with E-state index in [2.05, 4.69) is 9.72 Å². The summed E-state index contributed by atoms with van der Waals surface area (Å²) in [7, 11) is 1.09. The van der Waals surface area contributed by atoms with Crippen LogP contribution in [0.3, 0.4) is 0 Å². The quantitative estimate of drug-likeness (QED) is 0.405. The maximum atomic E-state index is 11.3. The van der Waals surface area contributed by atoms with E-state index in [0.29, 0.717) is 10.6 Å². The minimum atomic E-state index is -0.992. The molecule has 1 heterocycles. The SMILES string of the molecule is COC(=O)C(=Cc1c[nH]c2cc(Cl)ccc12)[N+](=O)[O-]. The van der Waals surface area contributed by atoms with Crippen LogP contribution in [0.15, 0.2) is 30.1 Å². The molecule has 0 aliphatic rings. The summed E-state index contributed by atoms with van der Waals surface area (Å²) in [6, 6.07) is 5.08. The lowest BCUT2D eigenvalue weighted by Gasteiger charge is -1.96. The van der Waals surface area contributed by atoms with Crippen LogP contribution in [-0.2, 0) is 9.53 Å². The van der Waals surface area contributed by atoms with Gasteiger partial charge in [-0.1, -0.05) is 17.7 Å². The summed E-state index contributed by atoms with van der Waals surface area (Å²) in [5.74, 6) is -0.992. The number of esters is 1. The van der Waals surface area contributed by atoms with Crippen LogP contribution in [0.4, 0.5) is 0 Å². The fraction of sp³-hybridized carbons (Fsp3) is 0.0833. The van der Waals surface area contributed by atoms with Gasteiger partial charge in [0, 0.05) is 33.8 Å². The number of nitro groups is 1. The number of aromatic amines is 1. The topological polar surface area (TPSA) is 85.2 Å². The van der Waals surface area contributed by atoms with E-state index in [9.17, 15) is 14.9 Å². The van der Waals surface area contributed by atoms with Gasteiger partial charge in [-0.05, 0) is 12.1 Å². The number of aromatic nitrogens is 1. The van der Waals surface area contributed by atoms with Gasteiger partial charge in [0.1, 0.15) is 0 Å². The second-order valence-corrected chi connectivity index (χ2v) is 4.15. The van der Waals surface area contributed by atoms with Crippen molar-refractivity contribution in [2.24, 2.45) is 0 Å². The Bertz CT molecular complexity index is 690. The van der Waals surface area contributed by atoms with Crippen molar-refractivity contribution in [2.75, 3.05) is 7.11 Å². The smallest absolute Gasteiger partial charge is 0.409 e. The van der Waals surface area contributed by atoms with Crippen molar-refractivity contribution in [1.29, 1.82) is 0 Å². The highest BCUT2D eigenvalue weighted by molar-refractivity contribution is 6.31. The lowest BCUT2D eigenvalue weighted by molar-refractivity contribution is -0.419. The van der Waals surface area contributed by atoms with E-state index in [1.54, 1.807) is 24.4 Å². The van der Waals surface area contributed by atoms with Gasteiger partial charge in [0.05, 0.1) is 12.0 Å². The molecule has 0 unspecified atom stereocenters. The van der Waals surface area contributed by atoms with Crippen LogP contribution >= 0.6 is 11.6 Å². The molecule has 0 aliphatic heterocycles. The van der Waals surface area contributed by atoms with Crippen molar-refractivity contribution in [3.05, 3.63) is 50.8 Å². The van der Waals surface area contributed by atoms with Gasteiger partial charge in [-0.15, -0.1) is 0 Å². The first-order valence-electron chi connectivity index (χ1n) is 5.24. The lowest BCUT2D eigenvalue weighted by Crippen LogP contribution is -2.12. The van der Waals surface area contributed by atoms with Gasteiger partial charge in [0.2, 0.25) is 0 Å². The fourth-order valence-electron chi connectivity index (χ4n) is 1.68. The number of halogens is 1. The molecule has 0 fully saturated rings. The van der Waals surface area contributed by atoms with Crippen LogP contribution in [0.1, 0.15) is 5.56 Å². The van der Waals surface area contributed by atoms with Crippen LogP contribution < -0.4 is 0 Å². The highest BCUT2D eigenvalue weighted by atomic mass is 35.5. The summed E-state index contributed by atoms with van der Waals surface area (Å²) in [4.78, 5) is 24.3. The first kappa shape index (κ1) is 13.1. The third-order valence-electron chi connectivity index (χ3n) is 2.56. The molecule has 2 aromatic rings. The van der Waals surface area contributed by atoms with Gasteiger partial charge in [0.25, 0.3) is 0 Å². The zero-order valence-corrected chi connectivity index (χ0v) is 10.6. The van der Waals surface area contributed by atoms with Gasteiger partial charge in [-0.2, -0.15) is 0 Å². The number of hydrogen-bond donors (Lipinski definition) is 1. The van der Waals surface area contributed by atoms with E-state index < -0.39 is 16.6 Å². The molecule has 1 N–H and O–H groups in total. The Morgan fingerprint density at radius 2 is 2.26 bits per heavy atom. The molecule has 19 heavy (non-hydrogen) atoms. The van der Waals surface area contributed by atoms with E-state index in [4.69, 9.17) is 11.6 Å². The number of carbonyl (C=O) groups excluding carboxylic acids is 1. The van der Waals surface area contributed by atoms with E-state index in [1.165, 1.54) is 6.08 Å². The number of benzene rings is 1. The highest BCUT2D eigenvalue weighted by Gasteiger charge is 2.23. The maximum Gasteiger partial charge on any atom is 0.409 e. The zero-order chi connectivity index (χ0) is 14.0. The molecule has 2 rings (SSSR count). The van der Waals surface area contributed by atoms with Gasteiger partial charge < -0.3 is 9.72 Å². The van der Waals surface area contributed by atoms with Crippen molar-refractivity contribution in [3.63, 3.8) is 0 Å². The molecule has 98 valence electrons.